The van der Waals surface area contributed by atoms with E-state index in [0.29, 0.717) is 24.1 Å². The number of esters is 1. The Labute approximate surface area is 150 Å². The topological polar surface area (TPSA) is 35.2 Å². The van der Waals surface area contributed by atoms with Crippen LogP contribution in [0.25, 0.3) is 0 Å². The predicted molar refractivity (Wildman–Crippen MR) is 94.2 cm³/mol. The number of likely N-dealkylation sites (tertiary alicyclic amines) is 1. The van der Waals surface area contributed by atoms with Crippen LogP contribution in [-0.4, -0.2) is 43.8 Å². The minimum Gasteiger partial charge on any atom is -0.465 e. The number of quaternary nitrogens is 2. The summed E-state index contributed by atoms with van der Waals surface area (Å²) in [6.07, 6.45) is 6.20. The summed E-state index contributed by atoms with van der Waals surface area (Å²) in [6, 6.07) is 11.4. The summed E-state index contributed by atoms with van der Waals surface area (Å²) in [5, 5.41) is 0. The van der Waals surface area contributed by atoms with Crippen molar-refractivity contribution in [3.05, 3.63) is 35.9 Å². The van der Waals surface area contributed by atoms with Crippen LogP contribution in [0.15, 0.2) is 30.3 Å². The van der Waals surface area contributed by atoms with E-state index >= 15 is 0 Å². The first-order chi connectivity index (χ1) is 12.3. The van der Waals surface area contributed by atoms with Crippen LogP contribution in [0.2, 0.25) is 0 Å². The summed E-state index contributed by atoms with van der Waals surface area (Å²) in [5.74, 6) is 0.894. The van der Waals surface area contributed by atoms with Gasteiger partial charge >= 0.3 is 5.97 Å². The minimum absolute atomic E-state index is 0.122. The second kappa shape index (κ2) is 6.10. The number of benzene rings is 1. The van der Waals surface area contributed by atoms with Crippen molar-refractivity contribution in [2.45, 2.75) is 50.2 Å². The number of fused-ring (bicyclic) bond motifs is 5. The fourth-order valence-corrected chi connectivity index (χ4v) is 6.72. The lowest BCUT2D eigenvalue weighted by atomic mass is 9.70. The SMILES string of the molecule is O=C1OCC[C@@H]2[C@H]1[C@H]1CCC[NH+]1C21CC[NH+](Cc2ccccc2)CC1. The van der Waals surface area contributed by atoms with Gasteiger partial charge in [0.15, 0.2) is 0 Å². The van der Waals surface area contributed by atoms with Crippen molar-refractivity contribution >= 4 is 5.97 Å². The van der Waals surface area contributed by atoms with Gasteiger partial charge in [-0.2, -0.15) is 0 Å². The van der Waals surface area contributed by atoms with Gasteiger partial charge in [0.2, 0.25) is 0 Å². The van der Waals surface area contributed by atoms with Crippen molar-refractivity contribution in [3.8, 4) is 0 Å². The zero-order valence-electron chi connectivity index (χ0n) is 15.0. The first-order valence-corrected chi connectivity index (χ1v) is 10.2. The molecule has 0 saturated carbocycles. The normalized spacial score (nSPS) is 42.9. The number of nitrogens with one attached hydrogen (secondary N) is 2. The highest BCUT2D eigenvalue weighted by Gasteiger charge is 2.67. The van der Waals surface area contributed by atoms with E-state index < -0.39 is 0 Å². The highest BCUT2D eigenvalue weighted by atomic mass is 16.5. The molecular weight excluding hydrogens is 312 g/mol. The van der Waals surface area contributed by atoms with Crippen molar-refractivity contribution in [2.75, 3.05) is 26.2 Å². The largest absolute Gasteiger partial charge is 0.465 e. The van der Waals surface area contributed by atoms with Crippen LogP contribution >= 0.6 is 0 Å². The Hall–Kier alpha value is -1.39. The van der Waals surface area contributed by atoms with Gasteiger partial charge in [0, 0.05) is 24.3 Å². The van der Waals surface area contributed by atoms with Crippen molar-refractivity contribution < 1.29 is 19.3 Å². The Morgan fingerprint density at radius 3 is 2.68 bits per heavy atom. The molecule has 1 aromatic rings. The van der Waals surface area contributed by atoms with Crippen LogP contribution in [0.3, 0.4) is 0 Å². The summed E-state index contributed by atoms with van der Waals surface area (Å²) >= 11 is 0. The molecule has 2 N–H and O–H groups in total. The van der Waals surface area contributed by atoms with Crippen molar-refractivity contribution in [1.29, 1.82) is 0 Å². The summed E-state index contributed by atoms with van der Waals surface area (Å²) < 4.78 is 5.48. The summed E-state index contributed by atoms with van der Waals surface area (Å²) in [5.41, 5.74) is 1.82. The van der Waals surface area contributed by atoms with Crippen LogP contribution < -0.4 is 9.80 Å². The third kappa shape index (κ3) is 2.45. The van der Waals surface area contributed by atoms with E-state index in [0.717, 1.165) is 13.0 Å². The van der Waals surface area contributed by atoms with Crippen LogP contribution in [0, 0.1) is 11.8 Å². The summed E-state index contributed by atoms with van der Waals surface area (Å²) in [6.45, 7) is 5.58. The van der Waals surface area contributed by atoms with Gasteiger partial charge in [0.1, 0.15) is 24.0 Å². The smallest absolute Gasteiger partial charge is 0.315 e. The van der Waals surface area contributed by atoms with Crippen LogP contribution in [0.1, 0.15) is 37.7 Å². The quantitative estimate of drug-likeness (QED) is 0.733. The number of carbonyl (C=O) groups excluding carboxylic acids is 1. The van der Waals surface area contributed by atoms with Crippen LogP contribution in [0.4, 0.5) is 0 Å². The molecule has 0 radical (unpaired) electrons. The molecule has 4 saturated heterocycles. The number of hydrogen-bond donors (Lipinski definition) is 2. The average Bonchev–Trinajstić information content (AvgIpc) is 3.21. The number of hydrogen-bond acceptors (Lipinski definition) is 2. The number of piperidine rings is 1. The van der Waals surface area contributed by atoms with Gasteiger partial charge in [-0.25, -0.2) is 0 Å². The monoisotopic (exact) mass is 342 g/mol. The van der Waals surface area contributed by atoms with Gasteiger partial charge in [0.05, 0.1) is 39.1 Å². The van der Waals surface area contributed by atoms with E-state index in [4.69, 9.17) is 4.74 Å². The van der Waals surface area contributed by atoms with E-state index in [1.165, 1.54) is 50.9 Å². The van der Waals surface area contributed by atoms with Crippen molar-refractivity contribution in [2.24, 2.45) is 11.8 Å². The maximum atomic E-state index is 12.5. The molecule has 4 nitrogen and oxygen atoms in total. The van der Waals surface area contributed by atoms with Gasteiger partial charge in [-0.15, -0.1) is 0 Å². The maximum Gasteiger partial charge on any atom is 0.315 e. The molecule has 0 aromatic heterocycles. The van der Waals surface area contributed by atoms with E-state index in [9.17, 15) is 4.79 Å². The van der Waals surface area contributed by atoms with Crippen LogP contribution in [-0.2, 0) is 16.1 Å². The Morgan fingerprint density at radius 2 is 1.88 bits per heavy atom. The van der Waals surface area contributed by atoms with Crippen LogP contribution in [0.5, 0.6) is 0 Å². The standard InChI is InChI=1S/C21H28N2O2/c24-20-19-17(8-14-25-20)21(23-11-4-7-18(19)23)9-12-22(13-10-21)15-16-5-2-1-3-6-16/h1-3,5-6,17-19H,4,7-15H2/p+2/t17-,18-,19+/m1/s1. The molecular formula is C21H30N2O2+2. The molecule has 4 aliphatic rings. The fraction of sp³-hybridized carbons (Fsp3) is 0.667. The van der Waals surface area contributed by atoms with Gasteiger partial charge in [0.25, 0.3) is 0 Å². The van der Waals surface area contributed by atoms with E-state index in [1.807, 2.05) is 0 Å². The first-order valence-electron chi connectivity index (χ1n) is 10.2. The zero-order chi connectivity index (χ0) is 16.9. The Balaban J connectivity index is 1.34. The molecule has 1 spiro atoms. The molecule has 25 heavy (non-hydrogen) atoms. The summed E-state index contributed by atoms with van der Waals surface area (Å²) in [4.78, 5) is 16.0. The highest BCUT2D eigenvalue weighted by molar-refractivity contribution is 5.75. The van der Waals surface area contributed by atoms with Gasteiger partial charge < -0.3 is 14.5 Å². The Bertz CT molecular complexity index is 639. The highest BCUT2D eigenvalue weighted by Crippen LogP contribution is 2.44. The Morgan fingerprint density at radius 1 is 1.08 bits per heavy atom. The van der Waals surface area contributed by atoms with E-state index in [-0.39, 0.29) is 11.9 Å². The molecule has 4 heteroatoms. The van der Waals surface area contributed by atoms with E-state index in [1.54, 1.807) is 9.80 Å². The molecule has 0 aliphatic carbocycles. The molecule has 5 rings (SSSR count). The molecule has 0 bridgehead atoms. The molecule has 1 aromatic carbocycles. The van der Waals surface area contributed by atoms with Gasteiger partial charge in [-0.1, -0.05) is 30.3 Å². The number of carbonyl (C=O) groups is 1. The lowest BCUT2D eigenvalue weighted by molar-refractivity contribution is -0.983. The third-order valence-electron chi connectivity index (χ3n) is 7.72. The molecule has 0 amide bonds. The zero-order valence-corrected chi connectivity index (χ0v) is 15.0. The molecule has 4 aliphatic heterocycles. The average molecular weight is 342 g/mol. The number of cyclic esters (lactones) is 1. The number of rotatable bonds is 2. The van der Waals surface area contributed by atoms with E-state index in [2.05, 4.69) is 30.3 Å². The lowest BCUT2D eigenvalue weighted by Gasteiger charge is -2.44. The second-order valence-corrected chi connectivity index (χ2v) is 8.68. The lowest BCUT2D eigenvalue weighted by Crippen LogP contribution is -3.23. The fourth-order valence-electron chi connectivity index (χ4n) is 6.72. The molecule has 4 fully saturated rings. The Kier molecular flexibility index (Phi) is 3.86. The van der Waals surface area contributed by atoms with Crippen molar-refractivity contribution in [3.63, 3.8) is 0 Å². The summed E-state index contributed by atoms with van der Waals surface area (Å²) in [7, 11) is 0. The minimum atomic E-state index is 0.122. The van der Waals surface area contributed by atoms with Crippen molar-refractivity contribution in [1.82, 2.24) is 0 Å². The molecule has 1 unspecified atom stereocenters. The third-order valence-corrected chi connectivity index (χ3v) is 7.72. The maximum absolute atomic E-state index is 12.5. The van der Waals surface area contributed by atoms with Gasteiger partial charge in [-0.3, -0.25) is 4.79 Å². The predicted octanol–water partition coefficient (Wildman–Crippen LogP) is -0.156. The first kappa shape index (κ1) is 15.8. The number of ether oxygens (including phenoxy) is 1. The molecule has 134 valence electrons. The second-order valence-electron chi connectivity index (χ2n) is 8.68. The molecule has 4 atom stereocenters. The molecule has 4 heterocycles. The van der Waals surface area contributed by atoms with Gasteiger partial charge in [-0.05, 0) is 6.42 Å².